The molecule has 0 radical (unpaired) electrons. The van der Waals surface area contributed by atoms with Crippen LogP contribution >= 0.6 is 0 Å². The number of imidazole rings is 1. The van der Waals surface area contributed by atoms with Gasteiger partial charge in [0.05, 0.1) is 12.0 Å². The Morgan fingerprint density at radius 1 is 1.32 bits per heavy atom. The number of hydrogen-bond donors (Lipinski definition) is 2. The molecule has 0 bridgehead atoms. The van der Waals surface area contributed by atoms with Gasteiger partial charge in [0.15, 0.2) is 0 Å². The molecule has 0 aliphatic carbocycles. The molecule has 2 atom stereocenters. The summed E-state index contributed by atoms with van der Waals surface area (Å²) in [6.45, 7) is 7.18. The van der Waals surface area contributed by atoms with Crippen molar-refractivity contribution < 1.29 is 0 Å². The minimum Gasteiger partial charge on any atom is -0.370 e. The van der Waals surface area contributed by atoms with Crippen molar-refractivity contribution in [3.8, 4) is 5.69 Å². The van der Waals surface area contributed by atoms with Crippen molar-refractivity contribution in [3.05, 3.63) is 60.3 Å². The molecule has 6 heteroatoms. The van der Waals surface area contributed by atoms with Crippen LogP contribution in [0.3, 0.4) is 0 Å². The Kier molecular flexibility index (Phi) is 4.28. The van der Waals surface area contributed by atoms with Gasteiger partial charge in [0.2, 0.25) is 0 Å². The first-order valence-electron chi connectivity index (χ1n) is 8.79. The van der Waals surface area contributed by atoms with Crippen LogP contribution in [0.5, 0.6) is 0 Å². The van der Waals surface area contributed by atoms with Crippen LogP contribution in [0, 0.1) is 12.8 Å². The first-order chi connectivity index (χ1) is 12.2. The third-order valence-corrected chi connectivity index (χ3v) is 4.81. The topological polar surface area (TPSA) is 59.7 Å². The zero-order valence-corrected chi connectivity index (χ0v) is 14.7. The van der Waals surface area contributed by atoms with Gasteiger partial charge in [-0.1, -0.05) is 12.1 Å². The number of hydrogen-bond acceptors (Lipinski definition) is 4. The Morgan fingerprint density at radius 2 is 2.16 bits per heavy atom. The molecule has 0 spiro atoms. The summed E-state index contributed by atoms with van der Waals surface area (Å²) in [6, 6.07) is 11.1. The van der Waals surface area contributed by atoms with E-state index in [0.29, 0.717) is 12.0 Å². The Balaban J connectivity index is 1.34. The highest BCUT2D eigenvalue weighted by Crippen LogP contribution is 2.20. The lowest BCUT2D eigenvalue weighted by Gasteiger charge is -2.26. The van der Waals surface area contributed by atoms with Gasteiger partial charge < -0.3 is 15.2 Å². The molecule has 4 rings (SSSR count). The van der Waals surface area contributed by atoms with Gasteiger partial charge >= 0.3 is 0 Å². The summed E-state index contributed by atoms with van der Waals surface area (Å²) in [7, 11) is 0. The average Bonchev–Trinajstić information content (AvgIpc) is 3.28. The fraction of sp³-hybridized carbons (Fsp3) is 0.368. The third-order valence-electron chi connectivity index (χ3n) is 4.81. The van der Waals surface area contributed by atoms with E-state index in [9.17, 15) is 0 Å². The quantitative estimate of drug-likeness (QED) is 0.752. The van der Waals surface area contributed by atoms with Crippen molar-refractivity contribution in [2.24, 2.45) is 5.92 Å². The predicted octanol–water partition coefficient (Wildman–Crippen LogP) is 2.77. The summed E-state index contributed by atoms with van der Waals surface area (Å²) >= 11 is 0. The van der Waals surface area contributed by atoms with Crippen LogP contribution in [0.4, 0.5) is 5.82 Å². The monoisotopic (exact) mass is 336 g/mol. The predicted molar refractivity (Wildman–Crippen MR) is 98.9 cm³/mol. The molecule has 1 aromatic carbocycles. The maximum atomic E-state index is 4.54. The molecule has 6 nitrogen and oxygen atoms in total. The molecule has 0 unspecified atom stereocenters. The lowest BCUT2D eigenvalue weighted by atomic mass is 10.0. The van der Waals surface area contributed by atoms with Gasteiger partial charge in [0, 0.05) is 55.7 Å². The summed E-state index contributed by atoms with van der Waals surface area (Å²) in [5.41, 5.74) is 3.50. The van der Waals surface area contributed by atoms with E-state index in [1.165, 1.54) is 5.56 Å². The Bertz CT molecular complexity index is 818. The molecule has 130 valence electrons. The molecule has 0 amide bonds. The van der Waals surface area contributed by atoms with E-state index in [-0.39, 0.29) is 0 Å². The Labute approximate surface area is 147 Å². The summed E-state index contributed by atoms with van der Waals surface area (Å²) < 4.78 is 4.09. The standard InChI is InChI=1S/C19H24N6/c1-14-9-19-22-11-16(12-25(19)23-14)10-21-15(2)17-3-5-18(6-4-17)24-8-7-20-13-24/h3-9,13,15-16,21-22H,10-12H2,1-2H3/t15-,16-/m0/s1. The van der Waals surface area contributed by atoms with Crippen LogP contribution in [-0.2, 0) is 6.54 Å². The first kappa shape index (κ1) is 15.9. The highest BCUT2D eigenvalue weighted by Gasteiger charge is 2.19. The molecule has 2 aromatic heterocycles. The number of anilines is 1. The fourth-order valence-electron chi connectivity index (χ4n) is 3.33. The van der Waals surface area contributed by atoms with Crippen LogP contribution in [0.15, 0.2) is 49.1 Å². The molecule has 0 saturated heterocycles. The normalized spacial score (nSPS) is 17.8. The largest absolute Gasteiger partial charge is 0.370 e. The zero-order chi connectivity index (χ0) is 17.2. The van der Waals surface area contributed by atoms with Crippen molar-refractivity contribution in [2.45, 2.75) is 26.4 Å². The highest BCUT2D eigenvalue weighted by molar-refractivity contribution is 5.38. The zero-order valence-electron chi connectivity index (χ0n) is 14.7. The second-order valence-electron chi connectivity index (χ2n) is 6.79. The van der Waals surface area contributed by atoms with Crippen molar-refractivity contribution in [1.82, 2.24) is 24.6 Å². The number of aryl methyl sites for hydroxylation is 1. The van der Waals surface area contributed by atoms with Crippen LogP contribution < -0.4 is 10.6 Å². The van der Waals surface area contributed by atoms with E-state index < -0.39 is 0 Å². The second-order valence-corrected chi connectivity index (χ2v) is 6.79. The summed E-state index contributed by atoms with van der Waals surface area (Å²) in [5.74, 6) is 1.68. The summed E-state index contributed by atoms with van der Waals surface area (Å²) in [5, 5.41) is 11.7. The Hall–Kier alpha value is -2.60. The smallest absolute Gasteiger partial charge is 0.124 e. The van der Waals surface area contributed by atoms with Crippen molar-refractivity contribution in [1.29, 1.82) is 0 Å². The van der Waals surface area contributed by atoms with E-state index >= 15 is 0 Å². The van der Waals surface area contributed by atoms with Gasteiger partial charge in [0.25, 0.3) is 0 Å². The number of fused-ring (bicyclic) bond motifs is 1. The molecule has 3 aromatic rings. The maximum absolute atomic E-state index is 4.54. The lowest BCUT2D eigenvalue weighted by Crippen LogP contribution is -2.36. The molecule has 1 aliphatic heterocycles. The number of benzene rings is 1. The van der Waals surface area contributed by atoms with Crippen LogP contribution in [0.25, 0.3) is 5.69 Å². The van der Waals surface area contributed by atoms with Gasteiger partial charge in [-0.3, -0.25) is 0 Å². The SMILES string of the molecule is Cc1cc2n(n1)C[C@@H](CN[C@@H](C)c1ccc(-n3ccnc3)cc1)CN2. The summed E-state index contributed by atoms with van der Waals surface area (Å²) in [4.78, 5) is 4.09. The number of rotatable bonds is 5. The van der Waals surface area contributed by atoms with Crippen molar-refractivity contribution >= 4 is 5.82 Å². The maximum Gasteiger partial charge on any atom is 0.124 e. The first-order valence-corrected chi connectivity index (χ1v) is 8.79. The number of aromatic nitrogens is 4. The average molecular weight is 336 g/mol. The molecular formula is C19H24N6. The minimum atomic E-state index is 0.317. The van der Waals surface area contributed by atoms with E-state index in [1.54, 1.807) is 6.20 Å². The van der Waals surface area contributed by atoms with E-state index in [1.807, 2.05) is 24.0 Å². The fourth-order valence-corrected chi connectivity index (χ4v) is 3.33. The van der Waals surface area contributed by atoms with E-state index in [4.69, 9.17) is 0 Å². The van der Waals surface area contributed by atoms with Gasteiger partial charge in [-0.2, -0.15) is 5.10 Å². The van der Waals surface area contributed by atoms with Crippen molar-refractivity contribution in [2.75, 3.05) is 18.4 Å². The number of nitrogens with one attached hydrogen (secondary N) is 2. The van der Waals surface area contributed by atoms with E-state index in [2.05, 4.69) is 62.7 Å². The van der Waals surface area contributed by atoms with Gasteiger partial charge in [-0.05, 0) is 31.5 Å². The molecule has 3 heterocycles. The number of nitrogens with zero attached hydrogens (tertiary/aromatic N) is 4. The van der Waals surface area contributed by atoms with Crippen LogP contribution in [0.1, 0.15) is 24.2 Å². The van der Waals surface area contributed by atoms with Gasteiger partial charge in [-0.25, -0.2) is 9.67 Å². The summed E-state index contributed by atoms with van der Waals surface area (Å²) in [6.07, 6.45) is 5.57. The molecule has 2 N–H and O–H groups in total. The Morgan fingerprint density at radius 3 is 2.92 bits per heavy atom. The van der Waals surface area contributed by atoms with Crippen LogP contribution in [0.2, 0.25) is 0 Å². The molecule has 1 aliphatic rings. The molecular weight excluding hydrogens is 312 g/mol. The van der Waals surface area contributed by atoms with Gasteiger partial charge in [0.1, 0.15) is 5.82 Å². The van der Waals surface area contributed by atoms with Crippen LogP contribution in [-0.4, -0.2) is 32.4 Å². The third kappa shape index (κ3) is 3.44. The van der Waals surface area contributed by atoms with Crippen molar-refractivity contribution in [3.63, 3.8) is 0 Å². The highest BCUT2D eigenvalue weighted by atomic mass is 15.3. The van der Waals surface area contributed by atoms with E-state index in [0.717, 1.165) is 36.8 Å². The lowest BCUT2D eigenvalue weighted by molar-refractivity contribution is 0.375. The van der Waals surface area contributed by atoms with Gasteiger partial charge in [-0.15, -0.1) is 0 Å². The second kappa shape index (κ2) is 6.72. The molecule has 0 saturated carbocycles. The molecule has 25 heavy (non-hydrogen) atoms. The molecule has 0 fully saturated rings. The minimum absolute atomic E-state index is 0.317.